The van der Waals surface area contributed by atoms with E-state index in [0.717, 1.165) is 29.0 Å². The van der Waals surface area contributed by atoms with E-state index in [2.05, 4.69) is 19.9 Å². The molecule has 0 saturated heterocycles. The molecule has 0 amide bonds. The van der Waals surface area contributed by atoms with Gasteiger partial charge in [-0.05, 0) is 32.4 Å². The molecule has 0 unspecified atom stereocenters. The predicted molar refractivity (Wildman–Crippen MR) is 77.2 cm³/mol. The molecule has 0 radical (unpaired) electrons. The molecule has 0 aliphatic carbocycles. The number of allylic oxidation sites excluding steroid dienone is 2. The van der Waals surface area contributed by atoms with E-state index in [4.69, 9.17) is 15.6 Å². The van der Waals surface area contributed by atoms with Crippen LogP contribution in [0.2, 0.25) is 0 Å². The molecular weight excluding hydrogens is 240 g/mol. The molecule has 1 aromatic rings. The Morgan fingerprint density at radius 3 is 2.84 bits per heavy atom. The summed E-state index contributed by atoms with van der Waals surface area (Å²) in [6.45, 7) is 4.40. The highest BCUT2D eigenvalue weighted by Gasteiger charge is 2.19. The van der Waals surface area contributed by atoms with Crippen molar-refractivity contribution < 1.29 is 15.6 Å². The van der Waals surface area contributed by atoms with Gasteiger partial charge in [-0.3, -0.25) is 0 Å². The van der Waals surface area contributed by atoms with Crippen LogP contribution >= 0.6 is 0 Å². The van der Waals surface area contributed by atoms with Crippen molar-refractivity contribution in [1.82, 2.24) is 0 Å². The molecule has 1 heterocycles. The van der Waals surface area contributed by atoms with Crippen LogP contribution < -0.4 is 14.2 Å². The van der Waals surface area contributed by atoms with Gasteiger partial charge in [0.05, 0.1) is 21.2 Å². The standard InChI is InChI=1S/C16H20O3/c1-11(2)7-8-13-14(17-3)10-15-12(16(13)18-4)6-5-9-19-15/h5-7,10H,8-9H2,1-4H3/i5D. The Labute approximate surface area is 115 Å². The van der Waals surface area contributed by atoms with Gasteiger partial charge in [0.15, 0.2) is 0 Å². The fourth-order valence-corrected chi connectivity index (χ4v) is 2.10. The Hall–Kier alpha value is -1.90. The van der Waals surface area contributed by atoms with Crippen molar-refractivity contribution >= 4 is 6.08 Å². The third-order valence-electron chi connectivity index (χ3n) is 3.04. The predicted octanol–water partition coefficient (Wildman–Crippen LogP) is 3.62. The van der Waals surface area contributed by atoms with Gasteiger partial charge in [-0.25, -0.2) is 0 Å². The lowest BCUT2D eigenvalue weighted by atomic mass is 10.0. The molecular formula is C16H20O3. The molecule has 1 aliphatic rings. The maximum Gasteiger partial charge on any atom is 0.137 e. The Balaban J connectivity index is 2.60. The number of fused-ring (bicyclic) bond motifs is 1. The lowest BCUT2D eigenvalue weighted by molar-refractivity contribution is 0.341. The van der Waals surface area contributed by atoms with Crippen LogP contribution in [0.3, 0.4) is 0 Å². The first-order valence-corrected chi connectivity index (χ1v) is 6.28. The van der Waals surface area contributed by atoms with Gasteiger partial charge < -0.3 is 14.2 Å². The molecule has 3 nitrogen and oxygen atoms in total. The molecule has 19 heavy (non-hydrogen) atoms. The minimum atomic E-state index is 0.284. The van der Waals surface area contributed by atoms with E-state index in [1.54, 1.807) is 20.3 Å². The van der Waals surface area contributed by atoms with Gasteiger partial charge in [-0.1, -0.05) is 11.6 Å². The maximum atomic E-state index is 7.75. The van der Waals surface area contributed by atoms with E-state index in [1.807, 2.05) is 6.07 Å². The zero-order valence-electron chi connectivity index (χ0n) is 12.9. The van der Waals surface area contributed by atoms with Gasteiger partial charge in [0.2, 0.25) is 0 Å². The average Bonchev–Trinajstić information content (AvgIpc) is 2.43. The number of hydrogen-bond acceptors (Lipinski definition) is 3. The topological polar surface area (TPSA) is 27.7 Å². The molecule has 2 rings (SSSR count). The summed E-state index contributed by atoms with van der Waals surface area (Å²) in [6, 6.07) is 2.31. The van der Waals surface area contributed by atoms with Gasteiger partial charge in [0.25, 0.3) is 0 Å². The van der Waals surface area contributed by atoms with Crippen LogP contribution in [0.25, 0.3) is 6.08 Å². The summed E-state index contributed by atoms with van der Waals surface area (Å²) in [4.78, 5) is 0. The summed E-state index contributed by atoms with van der Waals surface area (Å²) in [6.07, 6.45) is 4.65. The summed E-state index contributed by atoms with van der Waals surface area (Å²) >= 11 is 0. The lowest BCUT2D eigenvalue weighted by Crippen LogP contribution is -2.05. The molecule has 0 saturated carbocycles. The van der Waals surface area contributed by atoms with Gasteiger partial charge in [0, 0.05) is 11.6 Å². The third-order valence-corrected chi connectivity index (χ3v) is 3.04. The van der Waals surface area contributed by atoms with Crippen molar-refractivity contribution in [2.75, 3.05) is 20.8 Å². The Kier molecular flexibility index (Phi) is 3.73. The van der Waals surface area contributed by atoms with Crippen LogP contribution in [0, 0.1) is 0 Å². The summed E-state index contributed by atoms with van der Waals surface area (Å²) in [5.41, 5.74) is 3.03. The molecule has 0 spiro atoms. The molecule has 1 aromatic carbocycles. The zero-order valence-corrected chi connectivity index (χ0v) is 11.9. The van der Waals surface area contributed by atoms with E-state index >= 15 is 0 Å². The first-order valence-electron chi connectivity index (χ1n) is 6.78. The smallest absolute Gasteiger partial charge is 0.137 e. The van der Waals surface area contributed by atoms with Crippen LogP contribution in [-0.4, -0.2) is 20.8 Å². The summed E-state index contributed by atoms with van der Waals surface area (Å²) < 4.78 is 24.3. The zero-order chi connectivity index (χ0) is 14.7. The second-order valence-corrected chi connectivity index (χ2v) is 4.63. The first kappa shape index (κ1) is 12.2. The number of benzene rings is 1. The Morgan fingerprint density at radius 1 is 1.42 bits per heavy atom. The second kappa shape index (κ2) is 5.83. The molecule has 1 aliphatic heterocycles. The normalized spacial score (nSPS) is 13.7. The quantitative estimate of drug-likeness (QED) is 0.775. The fourth-order valence-electron chi connectivity index (χ4n) is 2.10. The van der Waals surface area contributed by atoms with Crippen LogP contribution in [0.15, 0.2) is 23.8 Å². The van der Waals surface area contributed by atoms with E-state index < -0.39 is 0 Å². The van der Waals surface area contributed by atoms with E-state index in [0.29, 0.717) is 11.8 Å². The maximum absolute atomic E-state index is 7.75. The largest absolute Gasteiger partial charge is 0.496 e. The molecule has 0 fully saturated rings. The highest BCUT2D eigenvalue weighted by atomic mass is 16.5. The highest BCUT2D eigenvalue weighted by molar-refractivity contribution is 5.71. The Morgan fingerprint density at radius 2 is 2.21 bits per heavy atom. The first-order chi connectivity index (χ1) is 9.56. The lowest BCUT2D eigenvalue weighted by Gasteiger charge is -2.20. The van der Waals surface area contributed by atoms with Crippen molar-refractivity contribution in [3.8, 4) is 17.2 Å². The van der Waals surface area contributed by atoms with Crippen molar-refractivity contribution in [1.29, 1.82) is 0 Å². The second-order valence-electron chi connectivity index (χ2n) is 4.63. The molecule has 102 valence electrons. The summed E-state index contributed by atoms with van der Waals surface area (Å²) in [5.74, 6) is 2.18. The van der Waals surface area contributed by atoms with Crippen LogP contribution in [-0.2, 0) is 6.42 Å². The van der Waals surface area contributed by atoms with Crippen LogP contribution in [0.4, 0.5) is 0 Å². The van der Waals surface area contributed by atoms with Crippen molar-refractivity contribution in [2.24, 2.45) is 0 Å². The van der Waals surface area contributed by atoms with Crippen LogP contribution in [0.1, 0.15) is 26.3 Å². The summed E-state index contributed by atoms with van der Waals surface area (Å²) in [5, 5.41) is 0. The Bertz CT molecular complexity index is 570. The molecule has 0 N–H and O–H groups in total. The van der Waals surface area contributed by atoms with Gasteiger partial charge in [-0.15, -0.1) is 0 Å². The van der Waals surface area contributed by atoms with E-state index in [-0.39, 0.29) is 6.61 Å². The van der Waals surface area contributed by atoms with Gasteiger partial charge >= 0.3 is 0 Å². The number of methoxy groups -OCH3 is 2. The summed E-state index contributed by atoms with van der Waals surface area (Å²) in [7, 11) is 3.27. The van der Waals surface area contributed by atoms with Crippen molar-refractivity contribution in [2.45, 2.75) is 20.3 Å². The number of ether oxygens (including phenoxy) is 3. The van der Waals surface area contributed by atoms with Crippen molar-refractivity contribution in [3.05, 3.63) is 34.9 Å². The molecule has 0 bridgehead atoms. The SMILES string of the molecule is [2H]C1=Cc2c(cc(OC)c(CC=C(C)C)c2OC)OC1. The molecule has 0 atom stereocenters. The highest BCUT2D eigenvalue weighted by Crippen LogP contribution is 2.41. The minimum absolute atomic E-state index is 0.284. The molecule has 0 aromatic heterocycles. The average molecular weight is 261 g/mol. The van der Waals surface area contributed by atoms with Crippen molar-refractivity contribution in [3.63, 3.8) is 0 Å². The number of rotatable bonds is 4. The van der Waals surface area contributed by atoms with E-state index in [9.17, 15) is 0 Å². The molecule has 3 heteroatoms. The van der Waals surface area contributed by atoms with Gasteiger partial charge in [-0.2, -0.15) is 0 Å². The number of hydrogen-bond donors (Lipinski definition) is 0. The van der Waals surface area contributed by atoms with Crippen LogP contribution in [0.5, 0.6) is 17.2 Å². The fraction of sp³-hybridized carbons (Fsp3) is 0.375. The minimum Gasteiger partial charge on any atom is -0.496 e. The van der Waals surface area contributed by atoms with E-state index in [1.165, 1.54) is 5.57 Å². The van der Waals surface area contributed by atoms with Gasteiger partial charge in [0.1, 0.15) is 23.9 Å². The third kappa shape index (κ3) is 2.75. The monoisotopic (exact) mass is 261 g/mol.